The van der Waals surface area contributed by atoms with Gasteiger partial charge in [-0.2, -0.15) is 0 Å². The average molecular weight is 267 g/mol. The van der Waals surface area contributed by atoms with E-state index in [1.165, 1.54) is 5.56 Å². The Morgan fingerprint density at radius 1 is 1.16 bits per heavy atom. The Labute approximate surface area is 116 Å². The summed E-state index contributed by atoms with van der Waals surface area (Å²) in [5, 5.41) is 3.35. The summed E-state index contributed by atoms with van der Waals surface area (Å²) in [4.78, 5) is 0. The maximum Gasteiger partial charge on any atom is 0.169 e. The lowest BCUT2D eigenvalue weighted by Gasteiger charge is -2.17. The molecule has 0 aliphatic rings. The largest absolute Gasteiger partial charge is 0.496 e. The summed E-state index contributed by atoms with van der Waals surface area (Å²) in [6.07, 6.45) is -0.172. The molecule has 108 valence electrons. The molecule has 0 saturated carbocycles. The fourth-order valence-corrected chi connectivity index (χ4v) is 1.92. The van der Waals surface area contributed by atoms with Gasteiger partial charge in [0.05, 0.1) is 7.11 Å². The van der Waals surface area contributed by atoms with E-state index >= 15 is 0 Å². The Hall–Kier alpha value is -1.10. The molecule has 0 heterocycles. The van der Waals surface area contributed by atoms with Gasteiger partial charge in [0.15, 0.2) is 6.29 Å². The summed E-state index contributed by atoms with van der Waals surface area (Å²) < 4.78 is 16.2. The highest BCUT2D eigenvalue weighted by atomic mass is 16.7. The zero-order valence-electron chi connectivity index (χ0n) is 12.4. The summed E-state index contributed by atoms with van der Waals surface area (Å²) >= 11 is 0. The molecule has 4 heteroatoms. The van der Waals surface area contributed by atoms with Gasteiger partial charge in [0.25, 0.3) is 0 Å². The van der Waals surface area contributed by atoms with Crippen molar-refractivity contribution >= 4 is 0 Å². The molecule has 19 heavy (non-hydrogen) atoms. The minimum atomic E-state index is -0.172. The molecule has 0 aliphatic heterocycles. The predicted molar refractivity (Wildman–Crippen MR) is 76.5 cm³/mol. The third-order valence-corrected chi connectivity index (χ3v) is 2.80. The lowest BCUT2D eigenvalue weighted by molar-refractivity contribution is -0.133. The molecule has 4 nitrogen and oxygen atoms in total. The molecule has 0 unspecified atom stereocenters. The van der Waals surface area contributed by atoms with Gasteiger partial charge < -0.3 is 19.5 Å². The first-order chi connectivity index (χ1) is 9.21. The normalized spacial score (nSPS) is 11.0. The smallest absolute Gasteiger partial charge is 0.169 e. The van der Waals surface area contributed by atoms with Gasteiger partial charge in [0.1, 0.15) is 5.75 Å². The number of rotatable bonds is 9. The van der Waals surface area contributed by atoms with E-state index in [2.05, 4.69) is 17.4 Å². The fraction of sp³-hybridized carbons (Fsp3) is 0.600. The van der Waals surface area contributed by atoms with E-state index in [-0.39, 0.29) is 6.29 Å². The Bertz CT molecular complexity index is 362. The van der Waals surface area contributed by atoms with E-state index in [0.717, 1.165) is 17.9 Å². The number of aryl methyl sites for hydroxylation is 1. The van der Waals surface area contributed by atoms with Crippen LogP contribution in [0.1, 0.15) is 25.0 Å². The second-order valence-electron chi connectivity index (χ2n) is 4.28. The number of ether oxygens (including phenoxy) is 3. The average Bonchev–Trinajstić information content (AvgIpc) is 2.39. The highest BCUT2D eigenvalue weighted by Crippen LogP contribution is 2.18. The van der Waals surface area contributed by atoms with Crippen LogP contribution < -0.4 is 10.1 Å². The van der Waals surface area contributed by atoms with Gasteiger partial charge in [-0.1, -0.05) is 12.1 Å². The van der Waals surface area contributed by atoms with Crippen molar-refractivity contribution in [2.75, 3.05) is 26.9 Å². The monoisotopic (exact) mass is 267 g/mol. The zero-order chi connectivity index (χ0) is 14.1. The van der Waals surface area contributed by atoms with Crippen LogP contribution in [0.25, 0.3) is 0 Å². The van der Waals surface area contributed by atoms with Crippen molar-refractivity contribution in [3.05, 3.63) is 29.3 Å². The molecule has 0 aliphatic carbocycles. The van der Waals surface area contributed by atoms with Crippen molar-refractivity contribution in [2.45, 2.75) is 33.6 Å². The molecule has 1 N–H and O–H groups in total. The molecule has 0 aromatic heterocycles. The Balaban J connectivity index is 2.41. The summed E-state index contributed by atoms with van der Waals surface area (Å²) in [7, 11) is 1.69. The van der Waals surface area contributed by atoms with E-state index in [9.17, 15) is 0 Å². The Morgan fingerprint density at radius 2 is 1.84 bits per heavy atom. The maximum absolute atomic E-state index is 5.48. The first-order valence-corrected chi connectivity index (χ1v) is 6.78. The molecular formula is C15H25NO3. The van der Waals surface area contributed by atoms with Crippen molar-refractivity contribution in [1.82, 2.24) is 5.32 Å². The highest BCUT2D eigenvalue weighted by Gasteiger charge is 2.07. The number of nitrogens with one attached hydrogen (secondary N) is 1. The molecule has 0 fully saturated rings. The second kappa shape index (κ2) is 8.91. The van der Waals surface area contributed by atoms with Crippen LogP contribution in [0.15, 0.2) is 18.2 Å². The minimum absolute atomic E-state index is 0.172. The van der Waals surface area contributed by atoms with E-state index in [1.807, 2.05) is 26.8 Å². The molecule has 1 aromatic carbocycles. The topological polar surface area (TPSA) is 39.7 Å². The van der Waals surface area contributed by atoms with Gasteiger partial charge in [0.2, 0.25) is 0 Å². The van der Waals surface area contributed by atoms with Gasteiger partial charge in [-0.25, -0.2) is 0 Å². The third kappa shape index (κ3) is 5.59. The van der Waals surface area contributed by atoms with Crippen molar-refractivity contribution in [3.8, 4) is 5.75 Å². The van der Waals surface area contributed by atoms with Crippen LogP contribution in [-0.2, 0) is 16.0 Å². The first kappa shape index (κ1) is 16.0. The predicted octanol–water partition coefficient (Wildman–Crippen LogP) is 2.49. The van der Waals surface area contributed by atoms with Gasteiger partial charge in [0, 0.05) is 26.3 Å². The van der Waals surface area contributed by atoms with Gasteiger partial charge in [-0.15, -0.1) is 0 Å². The van der Waals surface area contributed by atoms with Crippen LogP contribution in [0, 0.1) is 6.92 Å². The lowest BCUT2D eigenvalue weighted by Crippen LogP contribution is -2.31. The highest BCUT2D eigenvalue weighted by molar-refractivity contribution is 5.36. The van der Waals surface area contributed by atoms with E-state index in [0.29, 0.717) is 19.8 Å². The molecule has 0 bridgehead atoms. The van der Waals surface area contributed by atoms with E-state index in [1.54, 1.807) is 7.11 Å². The number of hydrogen-bond donors (Lipinski definition) is 1. The molecular weight excluding hydrogens is 242 g/mol. The Kier molecular flexibility index (Phi) is 7.48. The van der Waals surface area contributed by atoms with Crippen LogP contribution >= 0.6 is 0 Å². The third-order valence-electron chi connectivity index (χ3n) is 2.80. The number of hydrogen-bond acceptors (Lipinski definition) is 4. The minimum Gasteiger partial charge on any atom is -0.496 e. The molecule has 1 aromatic rings. The molecule has 1 rings (SSSR count). The SMILES string of the molecule is CCOC(CNCc1ccc(OC)c(C)c1)OCC. The lowest BCUT2D eigenvalue weighted by atomic mass is 10.1. The summed E-state index contributed by atoms with van der Waals surface area (Å²) in [5.41, 5.74) is 2.37. The van der Waals surface area contributed by atoms with Crippen LogP contribution in [0.5, 0.6) is 5.75 Å². The van der Waals surface area contributed by atoms with Gasteiger partial charge >= 0.3 is 0 Å². The first-order valence-electron chi connectivity index (χ1n) is 6.78. The van der Waals surface area contributed by atoms with Crippen molar-refractivity contribution in [3.63, 3.8) is 0 Å². The fourth-order valence-electron chi connectivity index (χ4n) is 1.92. The van der Waals surface area contributed by atoms with Crippen LogP contribution in [0.4, 0.5) is 0 Å². The summed E-state index contributed by atoms with van der Waals surface area (Å²) in [6, 6.07) is 6.19. The van der Waals surface area contributed by atoms with Crippen LogP contribution in [0.2, 0.25) is 0 Å². The van der Waals surface area contributed by atoms with E-state index < -0.39 is 0 Å². The molecule has 0 radical (unpaired) electrons. The Morgan fingerprint density at radius 3 is 2.37 bits per heavy atom. The quantitative estimate of drug-likeness (QED) is 0.698. The van der Waals surface area contributed by atoms with Crippen molar-refractivity contribution in [2.24, 2.45) is 0 Å². The molecule has 0 atom stereocenters. The number of methoxy groups -OCH3 is 1. The van der Waals surface area contributed by atoms with Crippen molar-refractivity contribution < 1.29 is 14.2 Å². The number of benzene rings is 1. The summed E-state index contributed by atoms with van der Waals surface area (Å²) in [5.74, 6) is 0.922. The van der Waals surface area contributed by atoms with Gasteiger partial charge in [-0.3, -0.25) is 0 Å². The van der Waals surface area contributed by atoms with Crippen LogP contribution in [0.3, 0.4) is 0 Å². The van der Waals surface area contributed by atoms with Crippen molar-refractivity contribution in [1.29, 1.82) is 0 Å². The maximum atomic E-state index is 5.48. The standard InChI is InChI=1S/C15H25NO3/c1-5-18-15(19-6-2)11-16-10-13-7-8-14(17-4)12(3)9-13/h7-9,15-16H,5-6,10-11H2,1-4H3. The molecule has 0 amide bonds. The van der Waals surface area contributed by atoms with Crippen LogP contribution in [-0.4, -0.2) is 33.2 Å². The molecule has 0 spiro atoms. The molecule has 0 saturated heterocycles. The van der Waals surface area contributed by atoms with E-state index in [4.69, 9.17) is 14.2 Å². The second-order valence-corrected chi connectivity index (χ2v) is 4.28. The summed E-state index contributed by atoms with van der Waals surface area (Å²) in [6.45, 7) is 8.79. The van der Waals surface area contributed by atoms with Gasteiger partial charge in [-0.05, 0) is 38.0 Å². The zero-order valence-corrected chi connectivity index (χ0v) is 12.4.